The second kappa shape index (κ2) is 7.46. The molecule has 7 heteroatoms. The quantitative estimate of drug-likeness (QED) is 0.854. The van der Waals surface area contributed by atoms with Gasteiger partial charge in [-0.15, -0.1) is 13.2 Å². The van der Waals surface area contributed by atoms with Crippen molar-refractivity contribution in [3.63, 3.8) is 0 Å². The Morgan fingerprint density at radius 2 is 1.60 bits per heavy atom. The minimum atomic E-state index is -4.75. The highest BCUT2D eigenvalue weighted by molar-refractivity contribution is 5.94. The predicted molar refractivity (Wildman–Crippen MR) is 87.8 cm³/mol. The predicted octanol–water partition coefficient (Wildman–Crippen LogP) is 4.61. The van der Waals surface area contributed by atoms with Crippen LogP contribution in [0.1, 0.15) is 18.1 Å². The average Bonchev–Trinajstić information content (AvgIpc) is 2.51. The summed E-state index contributed by atoms with van der Waals surface area (Å²) in [6.07, 6.45) is -5.52. The lowest BCUT2D eigenvalue weighted by atomic mass is 10.1. The number of ether oxygens (including phenoxy) is 2. The summed E-state index contributed by atoms with van der Waals surface area (Å²) in [6.45, 7) is 5.50. The molecular formula is C18H18F3NO3. The van der Waals surface area contributed by atoms with Crippen molar-refractivity contribution < 1.29 is 27.4 Å². The molecule has 0 saturated heterocycles. The maximum atomic E-state index is 12.1. The van der Waals surface area contributed by atoms with E-state index in [2.05, 4.69) is 10.1 Å². The summed E-state index contributed by atoms with van der Waals surface area (Å²) in [5.74, 6) is -0.202. The summed E-state index contributed by atoms with van der Waals surface area (Å²) in [5, 5.41) is 2.58. The molecule has 2 rings (SSSR count). The molecule has 0 aliphatic rings. The lowest BCUT2D eigenvalue weighted by Gasteiger charge is -2.16. The molecule has 2 aromatic carbocycles. The highest BCUT2D eigenvalue weighted by atomic mass is 19.4. The van der Waals surface area contributed by atoms with Gasteiger partial charge in [-0.2, -0.15) is 0 Å². The Labute approximate surface area is 143 Å². The van der Waals surface area contributed by atoms with E-state index in [4.69, 9.17) is 4.74 Å². The first-order chi connectivity index (χ1) is 11.6. The van der Waals surface area contributed by atoms with E-state index in [1.165, 1.54) is 12.1 Å². The number of carbonyl (C=O) groups excluding carboxylic acids is 1. The number of nitrogens with one attached hydrogen (secondary N) is 1. The first-order valence-corrected chi connectivity index (χ1v) is 7.54. The van der Waals surface area contributed by atoms with Crippen LogP contribution in [0.2, 0.25) is 0 Å². The Balaban J connectivity index is 1.95. The number of benzene rings is 2. The summed E-state index contributed by atoms with van der Waals surface area (Å²) < 4.78 is 45.7. The fraction of sp³-hybridized carbons (Fsp3) is 0.278. The summed E-state index contributed by atoms with van der Waals surface area (Å²) in [4.78, 5) is 12.1. The zero-order valence-corrected chi connectivity index (χ0v) is 14.0. The Hall–Kier alpha value is -2.70. The minimum absolute atomic E-state index is 0.343. The van der Waals surface area contributed by atoms with Gasteiger partial charge in [0.15, 0.2) is 6.10 Å². The number of rotatable bonds is 5. The van der Waals surface area contributed by atoms with Crippen LogP contribution in [0.5, 0.6) is 11.5 Å². The van der Waals surface area contributed by atoms with Gasteiger partial charge in [0.1, 0.15) is 11.5 Å². The molecule has 1 N–H and O–H groups in total. The normalized spacial score (nSPS) is 12.4. The number of hydrogen-bond acceptors (Lipinski definition) is 3. The standard InChI is InChI=1S/C18H18F3NO3/c1-11-4-7-16(10-12(11)2)24-13(3)17(23)22-14-5-8-15(9-6-14)25-18(19,20)21/h4-10,13H,1-3H3,(H,22,23). The van der Waals surface area contributed by atoms with Crippen LogP contribution in [0, 0.1) is 13.8 Å². The van der Waals surface area contributed by atoms with Gasteiger partial charge in [-0.25, -0.2) is 0 Å². The van der Waals surface area contributed by atoms with E-state index >= 15 is 0 Å². The Kier molecular flexibility index (Phi) is 5.56. The van der Waals surface area contributed by atoms with Crippen molar-refractivity contribution in [1.29, 1.82) is 0 Å². The molecule has 0 aromatic heterocycles. The highest BCUT2D eigenvalue weighted by Crippen LogP contribution is 2.24. The third-order valence-electron chi connectivity index (χ3n) is 3.52. The van der Waals surface area contributed by atoms with Crippen molar-refractivity contribution >= 4 is 11.6 Å². The number of halogens is 3. The van der Waals surface area contributed by atoms with E-state index < -0.39 is 18.4 Å². The van der Waals surface area contributed by atoms with E-state index in [0.717, 1.165) is 23.3 Å². The van der Waals surface area contributed by atoms with Gasteiger partial charge in [-0.3, -0.25) is 4.79 Å². The molecule has 1 unspecified atom stereocenters. The number of alkyl halides is 3. The van der Waals surface area contributed by atoms with E-state index in [0.29, 0.717) is 11.4 Å². The van der Waals surface area contributed by atoms with Gasteiger partial charge in [-0.05, 0) is 68.3 Å². The maximum absolute atomic E-state index is 12.1. The molecule has 1 amide bonds. The molecule has 0 fully saturated rings. The molecule has 0 heterocycles. The number of carbonyl (C=O) groups is 1. The van der Waals surface area contributed by atoms with Crippen LogP contribution < -0.4 is 14.8 Å². The third-order valence-corrected chi connectivity index (χ3v) is 3.52. The summed E-state index contributed by atoms with van der Waals surface area (Å²) in [6, 6.07) is 10.4. The molecule has 2 aromatic rings. The van der Waals surface area contributed by atoms with Crippen LogP contribution in [0.15, 0.2) is 42.5 Å². The van der Waals surface area contributed by atoms with Crippen LogP contribution in [-0.4, -0.2) is 18.4 Å². The third kappa shape index (κ3) is 5.70. The molecule has 25 heavy (non-hydrogen) atoms. The SMILES string of the molecule is Cc1ccc(OC(C)C(=O)Nc2ccc(OC(F)(F)F)cc2)cc1C. The monoisotopic (exact) mass is 353 g/mol. The number of anilines is 1. The van der Waals surface area contributed by atoms with Crippen LogP contribution in [0.3, 0.4) is 0 Å². The van der Waals surface area contributed by atoms with Gasteiger partial charge >= 0.3 is 6.36 Å². The van der Waals surface area contributed by atoms with Crippen molar-refractivity contribution in [2.24, 2.45) is 0 Å². The van der Waals surface area contributed by atoms with E-state index in [9.17, 15) is 18.0 Å². The van der Waals surface area contributed by atoms with E-state index in [-0.39, 0.29) is 5.75 Å². The zero-order chi connectivity index (χ0) is 18.6. The van der Waals surface area contributed by atoms with Crippen LogP contribution >= 0.6 is 0 Å². The van der Waals surface area contributed by atoms with Gasteiger partial charge in [0.25, 0.3) is 5.91 Å². The van der Waals surface area contributed by atoms with Gasteiger partial charge < -0.3 is 14.8 Å². The fourth-order valence-corrected chi connectivity index (χ4v) is 2.03. The largest absolute Gasteiger partial charge is 0.573 e. The first kappa shape index (κ1) is 18.6. The van der Waals surface area contributed by atoms with Crippen molar-refractivity contribution in [2.45, 2.75) is 33.2 Å². The van der Waals surface area contributed by atoms with E-state index in [1.807, 2.05) is 26.0 Å². The smallest absolute Gasteiger partial charge is 0.481 e. The number of hydrogen-bond donors (Lipinski definition) is 1. The Morgan fingerprint density at radius 1 is 1.00 bits per heavy atom. The topological polar surface area (TPSA) is 47.6 Å². The maximum Gasteiger partial charge on any atom is 0.573 e. The van der Waals surface area contributed by atoms with E-state index in [1.54, 1.807) is 13.0 Å². The average molecular weight is 353 g/mol. The second-order valence-electron chi connectivity index (χ2n) is 5.57. The first-order valence-electron chi connectivity index (χ1n) is 7.54. The van der Waals surface area contributed by atoms with Crippen molar-refractivity contribution in [1.82, 2.24) is 0 Å². The molecule has 0 aliphatic carbocycles. The lowest BCUT2D eigenvalue weighted by molar-refractivity contribution is -0.274. The summed E-state index contributed by atoms with van der Waals surface area (Å²) in [7, 11) is 0. The molecular weight excluding hydrogens is 335 g/mol. The second-order valence-corrected chi connectivity index (χ2v) is 5.57. The van der Waals surface area contributed by atoms with Crippen LogP contribution in [0.4, 0.5) is 18.9 Å². The lowest BCUT2D eigenvalue weighted by Crippen LogP contribution is -2.30. The van der Waals surface area contributed by atoms with Gasteiger partial charge in [0, 0.05) is 5.69 Å². The highest BCUT2D eigenvalue weighted by Gasteiger charge is 2.31. The van der Waals surface area contributed by atoms with Crippen LogP contribution in [-0.2, 0) is 4.79 Å². The molecule has 0 bridgehead atoms. The Bertz CT molecular complexity index is 742. The molecule has 1 atom stereocenters. The molecule has 134 valence electrons. The van der Waals surface area contributed by atoms with Crippen molar-refractivity contribution in [3.8, 4) is 11.5 Å². The molecule has 0 radical (unpaired) electrons. The molecule has 0 spiro atoms. The number of amides is 1. The molecule has 4 nitrogen and oxygen atoms in total. The minimum Gasteiger partial charge on any atom is -0.481 e. The van der Waals surface area contributed by atoms with Crippen LogP contribution in [0.25, 0.3) is 0 Å². The fourth-order valence-electron chi connectivity index (χ4n) is 2.03. The summed E-state index contributed by atoms with van der Waals surface area (Å²) >= 11 is 0. The van der Waals surface area contributed by atoms with Crippen molar-refractivity contribution in [3.05, 3.63) is 53.6 Å². The molecule has 0 saturated carbocycles. The van der Waals surface area contributed by atoms with Gasteiger partial charge in [0.05, 0.1) is 0 Å². The number of aryl methyl sites for hydroxylation is 2. The molecule has 0 aliphatic heterocycles. The van der Waals surface area contributed by atoms with Gasteiger partial charge in [0.2, 0.25) is 0 Å². The zero-order valence-electron chi connectivity index (χ0n) is 14.0. The van der Waals surface area contributed by atoms with Crippen molar-refractivity contribution in [2.75, 3.05) is 5.32 Å². The summed E-state index contributed by atoms with van der Waals surface area (Å²) in [5.41, 5.74) is 2.51. The Morgan fingerprint density at radius 3 is 2.16 bits per heavy atom. The van der Waals surface area contributed by atoms with Gasteiger partial charge in [-0.1, -0.05) is 6.07 Å².